The van der Waals surface area contributed by atoms with E-state index < -0.39 is 0 Å². The second kappa shape index (κ2) is 6.93. The van der Waals surface area contributed by atoms with Crippen LogP contribution in [0.5, 0.6) is 5.75 Å². The quantitative estimate of drug-likeness (QED) is 0.730. The predicted octanol–water partition coefficient (Wildman–Crippen LogP) is 3.27. The van der Waals surface area contributed by atoms with Crippen LogP contribution in [0.3, 0.4) is 0 Å². The highest BCUT2D eigenvalue weighted by atomic mass is 16.5. The average molecular weight is 325 g/mol. The fraction of sp³-hybridized carbons (Fsp3) is 0.316. The molecule has 5 heteroatoms. The number of methoxy groups -OCH3 is 1. The van der Waals surface area contributed by atoms with Gasteiger partial charge in [0.1, 0.15) is 11.6 Å². The lowest BCUT2D eigenvalue weighted by atomic mass is 10.1. The Hall–Kier alpha value is -2.53. The Kier molecular flexibility index (Phi) is 4.71. The van der Waals surface area contributed by atoms with E-state index in [-0.39, 0.29) is 6.61 Å². The third kappa shape index (κ3) is 3.21. The molecule has 126 valence electrons. The number of nitrogens with zero attached hydrogens (tertiary/aromatic N) is 2. The van der Waals surface area contributed by atoms with Crippen LogP contribution in [0.4, 0.5) is 5.82 Å². The maximum absolute atomic E-state index is 9.19. The molecule has 3 rings (SSSR count). The lowest BCUT2D eigenvalue weighted by Gasteiger charge is -2.11. The molecular weight excluding hydrogens is 302 g/mol. The summed E-state index contributed by atoms with van der Waals surface area (Å²) in [4.78, 5) is 0. The molecule has 2 N–H and O–H groups in total. The van der Waals surface area contributed by atoms with Gasteiger partial charge < -0.3 is 15.2 Å². The number of ether oxygens (including phenoxy) is 1. The Balaban J connectivity index is 1.81. The highest BCUT2D eigenvalue weighted by Gasteiger charge is 2.11. The van der Waals surface area contributed by atoms with E-state index in [2.05, 4.69) is 34.7 Å². The topological polar surface area (TPSA) is 59.3 Å². The molecule has 0 radical (unpaired) electrons. The van der Waals surface area contributed by atoms with Crippen LogP contribution >= 0.6 is 0 Å². The van der Waals surface area contributed by atoms with Crippen LogP contribution < -0.4 is 10.1 Å². The van der Waals surface area contributed by atoms with Gasteiger partial charge in [-0.3, -0.25) is 0 Å². The maximum Gasteiger partial charge on any atom is 0.127 e. The summed E-state index contributed by atoms with van der Waals surface area (Å²) in [6, 6.07) is 12.5. The highest BCUT2D eigenvalue weighted by molar-refractivity contribution is 5.84. The minimum absolute atomic E-state index is 0.0764. The van der Waals surface area contributed by atoms with E-state index in [4.69, 9.17) is 4.74 Å². The van der Waals surface area contributed by atoms with Gasteiger partial charge in [0.25, 0.3) is 0 Å². The smallest absolute Gasteiger partial charge is 0.127 e. The predicted molar refractivity (Wildman–Crippen MR) is 96.6 cm³/mol. The molecule has 0 bridgehead atoms. The van der Waals surface area contributed by atoms with Crippen LogP contribution in [0.15, 0.2) is 36.4 Å². The molecule has 5 nitrogen and oxygen atoms in total. The number of anilines is 1. The number of aliphatic hydroxyl groups excluding tert-OH is 1. The van der Waals surface area contributed by atoms with Gasteiger partial charge in [-0.25, -0.2) is 4.68 Å². The summed E-state index contributed by atoms with van der Waals surface area (Å²) < 4.78 is 7.10. The lowest BCUT2D eigenvalue weighted by molar-refractivity contribution is 0.270. The molecule has 2 aromatic carbocycles. The summed E-state index contributed by atoms with van der Waals surface area (Å²) in [6.45, 7) is 5.31. The Labute approximate surface area is 141 Å². The van der Waals surface area contributed by atoms with Crippen molar-refractivity contribution < 1.29 is 9.84 Å². The summed E-state index contributed by atoms with van der Waals surface area (Å²) in [7, 11) is 1.68. The van der Waals surface area contributed by atoms with Gasteiger partial charge in [0.15, 0.2) is 0 Å². The Morgan fingerprint density at radius 1 is 1.12 bits per heavy atom. The van der Waals surface area contributed by atoms with Crippen molar-refractivity contribution >= 4 is 16.6 Å². The van der Waals surface area contributed by atoms with Gasteiger partial charge in [0.2, 0.25) is 0 Å². The first-order valence-electron chi connectivity index (χ1n) is 8.08. The van der Waals surface area contributed by atoms with Gasteiger partial charge in [0.05, 0.1) is 26.0 Å². The molecule has 0 aliphatic rings. The van der Waals surface area contributed by atoms with Crippen LogP contribution in [0.25, 0.3) is 10.8 Å². The number of nitrogens with one attached hydrogen (secondary N) is 1. The van der Waals surface area contributed by atoms with E-state index in [1.165, 1.54) is 10.9 Å². The van der Waals surface area contributed by atoms with Crippen LogP contribution in [0, 0.1) is 13.8 Å². The highest BCUT2D eigenvalue weighted by Crippen LogP contribution is 2.23. The van der Waals surface area contributed by atoms with Crippen molar-refractivity contribution in [3.8, 4) is 5.75 Å². The van der Waals surface area contributed by atoms with Crippen molar-refractivity contribution in [2.45, 2.75) is 26.9 Å². The second-order valence-electron chi connectivity index (χ2n) is 5.91. The molecule has 24 heavy (non-hydrogen) atoms. The van der Waals surface area contributed by atoms with Gasteiger partial charge in [-0.15, -0.1) is 0 Å². The first-order valence-corrected chi connectivity index (χ1v) is 8.08. The van der Waals surface area contributed by atoms with Gasteiger partial charge >= 0.3 is 0 Å². The molecule has 1 aromatic heterocycles. The maximum atomic E-state index is 9.19. The van der Waals surface area contributed by atoms with Gasteiger partial charge in [-0.2, -0.15) is 5.10 Å². The summed E-state index contributed by atoms with van der Waals surface area (Å²) in [6.07, 6.45) is 0. The summed E-state index contributed by atoms with van der Waals surface area (Å²) >= 11 is 0. The first-order chi connectivity index (χ1) is 11.6. The molecule has 0 amide bonds. The van der Waals surface area contributed by atoms with Crippen molar-refractivity contribution in [2.75, 3.05) is 19.0 Å². The van der Waals surface area contributed by atoms with Crippen molar-refractivity contribution in [3.05, 3.63) is 53.2 Å². The Bertz CT molecular complexity index is 855. The normalized spacial score (nSPS) is 11.0. The summed E-state index contributed by atoms with van der Waals surface area (Å²) in [5, 5.41) is 19.5. The number of aromatic nitrogens is 2. The molecule has 0 unspecified atom stereocenters. The van der Waals surface area contributed by atoms with Crippen LogP contribution in [-0.4, -0.2) is 28.6 Å². The largest absolute Gasteiger partial charge is 0.497 e. The van der Waals surface area contributed by atoms with Crippen LogP contribution in [0.1, 0.15) is 16.8 Å². The van der Waals surface area contributed by atoms with Crippen molar-refractivity contribution in [1.82, 2.24) is 9.78 Å². The van der Waals surface area contributed by atoms with Gasteiger partial charge in [0, 0.05) is 12.1 Å². The lowest BCUT2D eigenvalue weighted by Crippen LogP contribution is -2.10. The van der Waals surface area contributed by atoms with Crippen LogP contribution in [0.2, 0.25) is 0 Å². The molecule has 0 aliphatic carbocycles. The van der Waals surface area contributed by atoms with E-state index in [0.29, 0.717) is 13.1 Å². The molecule has 0 saturated carbocycles. The SMILES string of the molecule is COc1ccc2cc(CNc3c(C)c(C)nn3CCO)ccc2c1. The zero-order chi connectivity index (χ0) is 17.1. The van der Waals surface area contributed by atoms with E-state index >= 15 is 0 Å². The minimum atomic E-state index is 0.0764. The van der Waals surface area contributed by atoms with E-state index in [9.17, 15) is 5.11 Å². The Morgan fingerprint density at radius 3 is 2.62 bits per heavy atom. The fourth-order valence-electron chi connectivity index (χ4n) is 2.85. The summed E-state index contributed by atoms with van der Waals surface area (Å²) in [5.74, 6) is 1.84. The van der Waals surface area contributed by atoms with E-state index in [1.54, 1.807) is 7.11 Å². The number of aryl methyl sites for hydroxylation is 1. The van der Waals surface area contributed by atoms with Crippen molar-refractivity contribution in [2.24, 2.45) is 0 Å². The van der Waals surface area contributed by atoms with E-state index in [1.807, 2.05) is 30.7 Å². The fourth-order valence-corrected chi connectivity index (χ4v) is 2.85. The minimum Gasteiger partial charge on any atom is -0.497 e. The second-order valence-corrected chi connectivity index (χ2v) is 5.91. The summed E-state index contributed by atoms with van der Waals surface area (Å²) in [5.41, 5.74) is 3.30. The number of benzene rings is 2. The number of hydrogen-bond donors (Lipinski definition) is 2. The van der Waals surface area contributed by atoms with Crippen molar-refractivity contribution in [3.63, 3.8) is 0 Å². The van der Waals surface area contributed by atoms with Gasteiger partial charge in [-0.1, -0.05) is 18.2 Å². The van der Waals surface area contributed by atoms with Gasteiger partial charge in [-0.05, 0) is 48.4 Å². The number of hydrogen-bond acceptors (Lipinski definition) is 4. The number of fused-ring (bicyclic) bond motifs is 1. The molecule has 0 atom stereocenters. The third-order valence-corrected chi connectivity index (χ3v) is 4.31. The first kappa shape index (κ1) is 16.3. The standard InChI is InChI=1S/C19H23N3O2/c1-13-14(2)21-22(8-9-23)19(13)20-12-15-4-5-17-11-18(24-3)7-6-16(17)10-15/h4-7,10-11,20,23H,8-9,12H2,1-3H3. The number of rotatable bonds is 6. The molecule has 0 aliphatic heterocycles. The molecule has 0 fully saturated rings. The zero-order valence-electron chi connectivity index (χ0n) is 14.3. The molecule has 3 aromatic rings. The van der Waals surface area contributed by atoms with Crippen LogP contribution in [-0.2, 0) is 13.1 Å². The average Bonchev–Trinajstić information content (AvgIpc) is 2.86. The molecule has 1 heterocycles. The van der Waals surface area contributed by atoms with Crippen molar-refractivity contribution in [1.29, 1.82) is 0 Å². The molecule has 0 spiro atoms. The third-order valence-electron chi connectivity index (χ3n) is 4.31. The van der Waals surface area contributed by atoms with E-state index in [0.717, 1.165) is 28.2 Å². The number of aliphatic hydroxyl groups is 1. The molecule has 0 saturated heterocycles. The molecular formula is C19H23N3O2. The monoisotopic (exact) mass is 325 g/mol. The zero-order valence-corrected chi connectivity index (χ0v) is 14.3. The Morgan fingerprint density at radius 2 is 1.88 bits per heavy atom.